The maximum atomic E-state index is 13.7. The molecule has 0 unspecified atom stereocenters. The molecule has 0 amide bonds. The van der Waals surface area contributed by atoms with Gasteiger partial charge in [0, 0.05) is 38.3 Å². The van der Waals surface area contributed by atoms with Crippen molar-refractivity contribution in [2.24, 2.45) is 18.9 Å². The van der Waals surface area contributed by atoms with Crippen molar-refractivity contribution in [2.75, 3.05) is 22.9 Å². The number of hydrogen-bond donors (Lipinski definition) is 1. The Morgan fingerprint density at radius 1 is 0.894 bits per heavy atom. The third-order valence-corrected chi connectivity index (χ3v) is 9.09. The van der Waals surface area contributed by atoms with E-state index in [-0.39, 0.29) is 55.4 Å². The van der Waals surface area contributed by atoms with Gasteiger partial charge in [-0.25, -0.2) is 0 Å². The number of halogens is 7. The molecule has 258 valence electrons. The summed E-state index contributed by atoms with van der Waals surface area (Å²) in [7, 11) is 1.53. The lowest BCUT2D eigenvalue weighted by Gasteiger charge is -2.35. The fourth-order valence-electron chi connectivity index (χ4n) is 6.79. The van der Waals surface area contributed by atoms with Crippen LogP contribution in [0.15, 0.2) is 30.3 Å². The lowest BCUT2D eigenvalue weighted by Crippen LogP contribution is -2.33. The van der Waals surface area contributed by atoms with Gasteiger partial charge in [-0.05, 0) is 115 Å². The normalized spacial score (nSPS) is 18.0. The molecule has 1 N–H and O–H groups in total. The number of aryl methyl sites for hydroxylation is 3. The lowest BCUT2D eigenvalue weighted by atomic mass is 9.80. The van der Waals surface area contributed by atoms with E-state index >= 15 is 0 Å². The van der Waals surface area contributed by atoms with Gasteiger partial charge in [-0.1, -0.05) is 11.2 Å². The highest BCUT2D eigenvalue weighted by Gasteiger charge is 2.37. The fraction of sp³-hybridized carbons (Fsp3) is 0.562. The largest absolute Gasteiger partial charge is 0.481 e. The highest BCUT2D eigenvalue weighted by molar-refractivity contribution is 5.85. The molecule has 47 heavy (non-hydrogen) atoms. The molecule has 0 aliphatic heterocycles. The number of alkyl halides is 6. The highest BCUT2D eigenvalue weighted by atomic mass is 35.5. The van der Waals surface area contributed by atoms with Crippen LogP contribution in [0.1, 0.15) is 78.8 Å². The van der Waals surface area contributed by atoms with Gasteiger partial charge in [0.15, 0.2) is 0 Å². The van der Waals surface area contributed by atoms with Crippen molar-refractivity contribution in [3.63, 3.8) is 0 Å². The number of carboxylic acid groups (broad SMARTS) is 1. The summed E-state index contributed by atoms with van der Waals surface area (Å²) in [5.74, 6) is -0.140. The molecule has 1 aromatic heterocycles. The van der Waals surface area contributed by atoms with Crippen molar-refractivity contribution in [2.45, 2.75) is 83.7 Å². The molecule has 2 aromatic carbocycles. The molecule has 0 bridgehead atoms. The van der Waals surface area contributed by atoms with E-state index in [0.717, 1.165) is 74.9 Å². The Balaban J connectivity index is 0.00000500. The molecule has 2 aliphatic rings. The molecular weight excluding hydrogens is 650 g/mol. The van der Waals surface area contributed by atoms with Crippen LogP contribution in [-0.2, 0) is 50.1 Å². The van der Waals surface area contributed by atoms with Crippen LogP contribution in [0.3, 0.4) is 0 Å². The maximum Gasteiger partial charge on any atom is 0.416 e. The van der Waals surface area contributed by atoms with Crippen LogP contribution in [0.25, 0.3) is 0 Å². The predicted molar refractivity (Wildman–Crippen MR) is 166 cm³/mol. The standard InChI is InChI=1S/C32H38F6N6O2.ClH/c1-3-43(17-21-9-7-20(8-10-21)13-29(45)46)28-15-24-6-4-5-23(24)14-25(28)19-44(30-39-41-42(2)40-30)18-22-11-26(31(33,34)35)16-27(12-22)32(36,37)38;/h11-12,14-16,20-21H,3-10,13,17-19H2,1-2H3,(H,45,46);1H. The molecular formula is C32H39ClF6N6O2. The van der Waals surface area contributed by atoms with E-state index in [9.17, 15) is 36.2 Å². The summed E-state index contributed by atoms with van der Waals surface area (Å²) in [6.45, 7) is 3.32. The molecule has 0 spiro atoms. The average molecular weight is 689 g/mol. The number of carboxylic acids is 1. The van der Waals surface area contributed by atoms with Crippen LogP contribution < -0.4 is 9.80 Å². The number of aliphatic carboxylic acids is 1. The van der Waals surface area contributed by atoms with E-state index in [1.54, 1.807) is 4.90 Å². The number of aromatic nitrogens is 4. The van der Waals surface area contributed by atoms with Gasteiger partial charge in [-0.3, -0.25) is 4.79 Å². The summed E-state index contributed by atoms with van der Waals surface area (Å²) in [6.07, 6.45) is -3.39. The van der Waals surface area contributed by atoms with Crippen LogP contribution in [0.2, 0.25) is 0 Å². The highest BCUT2D eigenvalue weighted by Crippen LogP contribution is 2.38. The first-order chi connectivity index (χ1) is 21.7. The second-order valence-electron chi connectivity index (χ2n) is 12.5. The van der Waals surface area contributed by atoms with Crippen LogP contribution in [0.5, 0.6) is 0 Å². The number of fused-ring (bicyclic) bond motifs is 1. The van der Waals surface area contributed by atoms with Crippen molar-refractivity contribution in [3.8, 4) is 0 Å². The smallest absolute Gasteiger partial charge is 0.416 e. The number of rotatable bonds is 11. The SMILES string of the molecule is CCN(CC1CCC(CC(=O)O)CC1)c1cc2c(cc1CN(Cc1cc(C(F)(F)F)cc(C(F)(F)F)c1)c1nnn(C)n1)CCC2.Cl. The average Bonchev–Trinajstić information content (AvgIpc) is 3.63. The molecule has 0 saturated heterocycles. The van der Waals surface area contributed by atoms with Gasteiger partial charge >= 0.3 is 18.3 Å². The van der Waals surface area contributed by atoms with Crippen LogP contribution in [0, 0.1) is 11.8 Å². The fourth-order valence-corrected chi connectivity index (χ4v) is 6.79. The van der Waals surface area contributed by atoms with Crippen molar-refractivity contribution in [3.05, 3.63) is 63.7 Å². The van der Waals surface area contributed by atoms with Crippen LogP contribution >= 0.6 is 12.4 Å². The molecule has 15 heteroatoms. The first-order valence-electron chi connectivity index (χ1n) is 15.6. The van der Waals surface area contributed by atoms with Crippen LogP contribution in [-0.4, -0.2) is 44.4 Å². The molecule has 3 aromatic rings. The van der Waals surface area contributed by atoms with Crippen LogP contribution in [0.4, 0.5) is 38.0 Å². The molecule has 0 atom stereocenters. The summed E-state index contributed by atoms with van der Waals surface area (Å²) in [5, 5.41) is 21.4. The number of tetrazole rings is 1. The number of anilines is 2. The number of nitrogens with zero attached hydrogens (tertiary/aromatic N) is 6. The van der Waals surface area contributed by atoms with E-state index in [1.807, 2.05) is 0 Å². The molecule has 0 radical (unpaired) electrons. The summed E-state index contributed by atoms with van der Waals surface area (Å²) in [4.78, 5) is 16.2. The van der Waals surface area contributed by atoms with Gasteiger partial charge in [-0.2, -0.15) is 31.1 Å². The van der Waals surface area contributed by atoms with E-state index in [1.165, 1.54) is 23.0 Å². The molecule has 5 rings (SSSR count). The molecule has 8 nitrogen and oxygen atoms in total. The third kappa shape index (κ3) is 9.08. The van der Waals surface area contributed by atoms with E-state index < -0.39 is 29.4 Å². The lowest BCUT2D eigenvalue weighted by molar-refractivity contribution is -0.143. The maximum absolute atomic E-state index is 13.7. The van der Waals surface area contributed by atoms with Crippen molar-refractivity contribution >= 4 is 30.0 Å². The Labute approximate surface area is 275 Å². The molecule has 1 heterocycles. The first kappa shape index (κ1) is 36.3. The summed E-state index contributed by atoms with van der Waals surface area (Å²) >= 11 is 0. The first-order valence-corrected chi connectivity index (χ1v) is 15.6. The van der Waals surface area contributed by atoms with Gasteiger partial charge < -0.3 is 14.9 Å². The third-order valence-electron chi connectivity index (χ3n) is 9.09. The topological polar surface area (TPSA) is 87.4 Å². The van der Waals surface area contributed by atoms with Gasteiger partial charge in [0.25, 0.3) is 5.95 Å². The van der Waals surface area contributed by atoms with E-state index in [2.05, 4.69) is 39.4 Å². The zero-order valence-electron chi connectivity index (χ0n) is 26.2. The van der Waals surface area contributed by atoms with E-state index in [0.29, 0.717) is 12.5 Å². The Bertz CT molecular complexity index is 1500. The Morgan fingerprint density at radius 2 is 1.49 bits per heavy atom. The second-order valence-corrected chi connectivity index (χ2v) is 12.5. The Kier molecular flexibility index (Phi) is 11.3. The van der Waals surface area contributed by atoms with Gasteiger partial charge in [0.05, 0.1) is 18.2 Å². The van der Waals surface area contributed by atoms with Crippen molar-refractivity contribution < 1.29 is 36.2 Å². The molecule has 1 fully saturated rings. The molecule has 1 saturated carbocycles. The monoisotopic (exact) mass is 688 g/mol. The quantitative estimate of drug-likeness (QED) is 0.209. The Hall–Kier alpha value is -3.55. The zero-order valence-corrected chi connectivity index (χ0v) is 27.1. The Morgan fingerprint density at radius 3 is 2.02 bits per heavy atom. The molecule has 2 aliphatic carbocycles. The van der Waals surface area contributed by atoms with Gasteiger partial charge in [-0.15, -0.1) is 17.5 Å². The van der Waals surface area contributed by atoms with Crippen molar-refractivity contribution in [1.29, 1.82) is 0 Å². The zero-order chi connectivity index (χ0) is 33.2. The summed E-state index contributed by atoms with van der Waals surface area (Å²) < 4.78 is 82.0. The summed E-state index contributed by atoms with van der Waals surface area (Å²) in [5.41, 5.74) is 1.31. The van der Waals surface area contributed by atoms with E-state index in [4.69, 9.17) is 0 Å². The second kappa shape index (κ2) is 14.7. The number of carbonyl (C=O) groups is 1. The predicted octanol–water partition coefficient (Wildman–Crippen LogP) is 7.47. The van der Waals surface area contributed by atoms with Gasteiger partial charge in [0.2, 0.25) is 0 Å². The summed E-state index contributed by atoms with van der Waals surface area (Å²) in [6, 6.07) is 5.87. The number of benzene rings is 2. The minimum absolute atomic E-state index is 0. The van der Waals surface area contributed by atoms with Gasteiger partial charge in [0.1, 0.15) is 0 Å². The number of hydrogen-bond acceptors (Lipinski definition) is 6. The minimum Gasteiger partial charge on any atom is -0.481 e. The minimum atomic E-state index is -4.97. The van der Waals surface area contributed by atoms with Crippen molar-refractivity contribution in [1.82, 2.24) is 20.2 Å².